The second-order valence-corrected chi connectivity index (χ2v) is 7.30. The Bertz CT molecular complexity index is 1440. The Balaban J connectivity index is 1.85. The van der Waals surface area contributed by atoms with Gasteiger partial charge >= 0.3 is 0 Å². The van der Waals surface area contributed by atoms with Crippen molar-refractivity contribution in [2.24, 2.45) is 0 Å². The largest absolute Gasteiger partial charge is 0.275 e. The molecule has 0 aliphatic rings. The number of aryl methyl sites for hydroxylation is 1. The number of hydrogen-bond donors (Lipinski definition) is 0. The minimum atomic E-state index is -0.427. The van der Waals surface area contributed by atoms with Crippen molar-refractivity contribution in [1.82, 2.24) is 19.5 Å². The van der Waals surface area contributed by atoms with Gasteiger partial charge in [0.15, 0.2) is 11.3 Å². The molecule has 0 saturated heterocycles. The molecule has 0 fully saturated rings. The van der Waals surface area contributed by atoms with Crippen LogP contribution in [-0.4, -0.2) is 24.4 Å². The Morgan fingerprint density at radius 2 is 1.63 bits per heavy atom. The van der Waals surface area contributed by atoms with Gasteiger partial charge in [0, 0.05) is 22.7 Å². The molecule has 0 atom stereocenters. The second kappa shape index (κ2) is 6.89. The van der Waals surface area contributed by atoms with Crippen LogP contribution in [0.4, 0.5) is 5.69 Å². The first-order valence-electron chi connectivity index (χ1n) is 9.18. The molecule has 0 unspecified atom stereocenters. The number of rotatable bonds is 3. The van der Waals surface area contributed by atoms with E-state index in [1.54, 1.807) is 12.1 Å². The highest BCUT2D eigenvalue weighted by atomic mass is 35.5. The number of aromatic nitrogens is 4. The molecule has 5 rings (SSSR count). The molecule has 0 radical (unpaired) electrons. The van der Waals surface area contributed by atoms with Gasteiger partial charge in [-0.05, 0) is 48.9 Å². The standard InChI is InChI=1S/C22H14ClN5O2/c1-13-6-9-15(23)12-19(13)27-21(14-7-10-16(11-8-14)28(29)30)26-20-22(27)25-18-5-3-2-4-17(18)24-20/h2-12H,1H3. The highest BCUT2D eigenvalue weighted by Gasteiger charge is 2.19. The van der Waals surface area contributed by atoms with Crippen LogP contribution in [0.1, 0.15) is 5.56 Å². The molecule has 3 aromatic carbocycles. The molecule has 0 spiro atoms. The van der Waals surface area contributed by atoms with Gasteiger partial charge in [-0.1, -0.05) is 29.8 Å². The maximum absolute atomic E-state index is 11.0. The average molecular weight is 416 g/mol. The number of para-hydroxylation sites is 2. The summed E-state index contributed by atoms with van der Waals surface area (Å²) in [6, 6.07) is 19.5. The monoisotopic (exact) mass is 415 g/mol. The van der Waals surface area contributed by atoms with Crippen molar-refractivity contribution in [3.8, 4) is 17.1 Å². The highest BCUT2D eigenvalue weighted by Crippen LogP contribution is 2.31. The fraction of sp³-hybridized carbons (Fsp3) is 0.0455. The van der Waals surface area contributed by atoms with E-state index in [1.165, 1.54) is 12.1 Å². The number of nitro groups is 1. The Hall–Kier alpha value is -3.84. The lowest BCUT2D eigenvalue weighted by atomic mass is 10.1. The van der Waals surface area contributed by atoms with Gasteiger partial charge < -0.3 is 0 Å². The predicted molar refractivity (Wildman–Crippen MR) is 116 cm³/mol. The smallest absolute Gasteiger partial charge is 0.269 e. The third-order valence-electron chi connectivity index (χ3n) is 4.92. The van der Waals surface area contributed by atoms with Crippen molar-refractivity contribution in [1.29, 1.82) is 0 Å². The van der Waals surface area contributed by atoms with Gasteiger partial charge in [-0.2, -0.15) is 0 Å². The summed E-state index contributed by atoms with van der Waals surface area (Å²) in [6.07, 6.45) is 0. The van der Waals surface area contributed by atoms with E-state index in [0.717, 1.165) is 22.3 Å². The van der Waals surface area contributed by atoms with Crippen LogP contribution in [0, 0.1) is 17.0 Å². The van der Waals surface area contributed by atoms with Crippen molar-refractivity contribution in [3.05, 3.63) is 87.4 Å². The summed E-state index contributed by atoms with van der Waals surface area (Å²) < 4.78 is 1.90. The number of hydrogen-bond acceptors (Lipinski definition) is 5. The van der Waals surface area contributed by atoms with Gasteiger partial charge in [-0.25, -0.2) is 15.0 Å². The zero-order chi connectivity index (χ0) is 20.8. The lowest BCUT2D eigenvalue weighted by Gasteiger charge is -2.12. The number of imidazole rings is 1. The molecular weight excluding hydrogens is 402 g/mol. The molecule has 0 amide bonds. The van der Waals surface area contributed by atoms with Crippen molar-refractivity contribution >= 4 is 39.6 Å². The molecule has 8 heteroatoms. The Kier molecular flexibility index (Phi) is 4.18. The van der Waals surface area contributed by atoms with E-state index >= 15 is 0 Å². The van der Waals surface area contributed by atoms with Gasteiger partial charge in [-0.15, -0.1) is 0 Å². The Morgan fingerprint density at radius 3 is 2.33 bits per heavy atom. The number of fused-ring (bicyclic) bond motifs is 2. The van der Waals surface area contributed by atoms with Gasteiger partial charge in [0.25, 0.3) is 5.69 Å². The summed E-state index contributed by atoms with van der Waals surface area (Å²) in [5, 5.41) is 11.6. The zero-order valence-electron chi connectivity index (χ0n) is 15.8. The van der Waals surface area contributed by atoms with Crippen LogP contribution < -0.4 is 0 Å². The minimum Gasteiger partial charge on any atom is -0.275 e. The molecule has 5 aromatic rings. The molecule has 0 aliphatic carbocycles. The third-order valence-corrected chi connectivity index (χ3v) is 5.15. The molecule has 146 valence electrons. The molecular formula is C22H14ClN5O2. The number of nitro benzene ring substituents is 1. The Labute approximate surface area is 175 Å². The number of halogens is 1. The normalized spacial score (nSPS) is 11.3. The predicted octanol–water partition coefficient (Wildman–Crippen LogP) is 5.51. The fourth-order valence-electron chi connectivity index (χ4n) is 3.43. The van der Waals surface area contributed by atoms with E-state index < -0.39 is 4.92 Å². The van der Waals surface area contributed by atoms with E-state index in [2.05, 4.69) is 4.98 Å². The van der Waals surface area contributed by atoms with Gasteiger partial charge in [-0.3, -0.25) is 14.7 Å². The van der Waals surface area contributed by atoms with Crippen molar-refractivity contribution in [2.75, 3.05) is 0 Å². The minimum absolute atomic E-state index is 0.0161. The molecule has 30 heavy (non-hydrogen) atoms. The van der Waals surface area contributed by atoms with Gasteiger partial charge in [0.1, 0.15) is 5.82 Å². The summed E-state index contributed by atoms with van der Waals surface area (Å²) in [4.78, 5) is 24.8. The van der Waals surface area contributed by atoms with Crippen LogP contribution in [0.3, 0.4) is 0 Å². The van der Waals surface area contributed by atoms with Crippen molar-refractivity contribution < 1.29 is 4.92 Å². The molecule has 0 aliphatic heterocycles. The van der Waals surface area contributed by atoms with Gasteiger partial charge in [0.2, 0.25) is 0 Å². The highest BCUT2D eigenvalue weighted by molar-refractivity contribution is 6.30. The third kappa shape index (κ3) is 2.96. The number of nitrogens with zero attached hydrogens (tertiary/aromatic N) is 5. The maximum atomic E-state index is 11.0. The molecule has 0 saturated carbocycles. The summed E-state index contributed by atoms with van der Waals surface area (Å²) in [7, 11) is 0. The lowest BCUT2D eigenvalue weighted by molar-refractivity contribution is -0.384. The van der Waals surface area contributed by atoms with E-state index in [0.29, 0.717) is 27.7 Å². The first-order chi connectivity index (χ1) is 14.5. The van der Waals surface area contributed by atoms with Crippen LogP contribution in [0.2, 0.25) is 5.02 Å². The molecule has 2 heterocycles. The van der Waals surface area contributed by atoms with E-state index in [1.807, 2.05) is 54.0 Å². The van der Waals surface area contributed by atoms with Crippen LogP contribution in [0.5, 0.6) is 0 Å². The summed E-state index contributed by atoms with van der Waals surface area (Å²) in [5.41, 5.74) is 5.11. The van der Waals surface area contributed by atoms with Crippen LogP contribution in [-0.2, 0) is 0 Å². The van der Waals surface area contributed by atoms with Crippen LogP contribution in [0.15, 0.2) is 66.7 Å². The lowest BCUT2D eigenvalue weighted by Crippen LogP contribution is -2.01. The molecule has 0 N–H and O–H groups in total. The van der Waals surface area contributed by atoms with Gasteiger partial charge in [0.05, 0.1) is 21.6 Å². The first kappa shape index (κ1) is 18.2. The van der Waals surface area contributed by atoms with E-state index in [-0.39, 0.29) is 5.69 Å². The zero-order valence-corrected chi connectivity index (χ0v) is 16.5. The first-order valence-corrected chi connectivity index (χ1v) is 9.55. The van der Waals surface area contributed by atoms with E-state index in [4.69, 9.17) is 21.6 Å². The summed E-state index contributed by atoms with van der Waals surface area (Å²) >= 11 is 6.29. The van der Waals surface area contributed by atoms with Crippen LogP contribution >= 0.6 is 11.6 Å². The Morgan fingerprint density at radius 1 is 0.933 bits per heavy atom. The number of benzene rings is 3. The second-order valence-electron chi connectivity index (χ2n) is 6.87. The SMILES string of the molecule is Cc1ccc(Cl)cc1-n1c(-c2ccc([N+](=O)[O-])cc2)nc2nc3ccccc3nc21. The molecule has 2 aromatic heterocycles. The summed E-state index contributed by atoms with van der Waals surface area (Å²) in [5.74, 6) is 0.584. The topological polar surface area (TPSA) is 86.7 Å². The quantitative estimate of drug-likeness (QED) is 0.286. The van der Waals surface area contributed by atoms with Crippen LogP contribution in [0.25, 0.3) is 39.4 Å². The average Bonchev–Trinajstić information content (AvgIpc) is 3.12. The number of non-ortho nitro benzene ring substituents is 1. The molecule has 0 bridgehead atoms. The van der Waals surface area contributed by atoms with E-state index in [9.17, 15) is 10.1 Å². The summed E-state index contributed by atoms with van der Waals surface area (Å²) in [6.45, 7) is 1.98. The van der Waals surface area contributed by atoms with Crippen molar-refractivity contribution in [2.45, 2.75) is 6.92 Å². The fourth-order valence-corrected chi connectivity index (χ4v) is 3.60. The van der Waals surface area contributed by atoms with Crippen molar-refractivity contribution in [3.63, 3.8) is 0 Å². The maximum Gasteiger partial charge on any atom is 0.269 e. The molecule has 7 nitrogen and oxygen atoms in total.